The summed E-state index contributed by atoms with van der Waals surface area (Å²) in [6.45, 7) is 6.23. The van der Waals surface area contributed by atoms with Gasteiger partial charge in [0, 0.05) is 32.1 Å². The lowest BCUT2D eigenvalue weighted by molar-refractivity contribution is -0.126. The molecule has 1 aromatic rings. The monoisotopic (exact) mass is 449 g/mol. The van der Waals surface area contributed by atoms with Crippen LogP contribution in [-0.4, -0.2) is 63.8 Å². The zero-order valence-electron chi connectivity index (χ0n) is 16.8. The van der Waals surface area contributed by atoms with Crippen LogP contribution < -0.4 is 5.32 Å². The molecular formula is C19H29Cl2N3O3S. The third-order valence-corrected chi connectivity index (χ3v) is 7.72. The fraction of sp³-hybridized carbons (Fsp3) is 0.632. The maximum absolute atomic E-state index is 12.9. The van der Waals surface area contributed by atoms with E-state index in [-0.39, 0.29) is 45.3 Å². The molecule has 0 atom stereocenters. The second-order valence-electron chi connectivity index (χ2n) is 8.35. The van der Waals surface area contributed by atoms with Gasteiger partial charge >= 0.3 is 0 Å². The Balaban J connectivity index is 1.95. The number of carbonyl (C=O) groups is 1. The normalized spacial score (nSPS) is 17.1. The Morgan fingerprint density at radius 3 is 2.43 bits per heavy atom. The van der Waals surface area contributed by atoms with E-state index in [1.807, 2.05) is 14.1 Å². The Hall–Kier alpha value is -0.860. The first kappa shape index (κ1) is 23.4. The summed E-state index contributed by atoms with van der Waals surface area (Å²) in [4.78, 5) is 14.6. The van der Waals surface area contributed by atoms with Crippen molar-refractivity contribution in [2.24, 2.45) is 11.3 Å². The molecule has 1 fully saturated rings. The summed E-state index contributed by atoms with van der Waals surface area (Å²) in [5.41, 5.74) is -0.0352. The minimum Gasteiger partial charge on any atom is -0.355 e. The summed E-state index contributed by atoms with van der Waals surface area (Å²) in [6, 6.07) is 4.57. The number of amides is 1. The number of hydrogen-bond acceptors (Lipinski definition) is 4. The van der Waals surface area contributed by atoms with E-state index >= 15 is 0 Å². The molecule has 1 N–H and O–H groups in total. The molecule has 2 rings (SSSR count). The van der Waals surface area contributed by atoms with Crippen molar-refractivity contribution in [3.8, 4) is 0 Å². The molecule has 158 valence electrons. The van der Waals surface area contributed by atoms with E-state index in [0.29, 0.717) is 19.4 Å². The molecule has 0 spiro atoms. The van der Waals surface area contributed by atoms with Gasteiger partial charge in [0.15, 0.2) is 0 Å². The molecule has 0 saturated carbocycles. The van der Waals surface area contributed by atoms with Gasteiger partial charge in [-0.3, -0.25) is 4.79 Å². The number of piperidine rings is 1. The Morgan fingerprint density at radius 2 is 1.86 bits per heavy atom. The van der Waals surface area contributed by atoms with Crippen LogP contribution in [0.2, 0.25) is 10.0 Å². The molecule has 9 heteroatoms. The fourth-order valence-corrected chi connectivity index (χ4v) is 5.77. The molecule has 0 aliphatic carbocycles. The van der Waals surface area contributed by atoms with Gasteiger partial charge in [0.25, 0.3) is 0 Å². The third kappa shape index (κ3) is 5.83. The van der Waals surface area contributed by atoms with Gasteiger partial charge in [-0.1, -0.05) is 43.1 Å². The first-order valence-corrected chi connectivity index (χ1v) is 11.5. The summed E-state index contributed by atoms with van der Waals surface area (Å²) >= 11 is 12.0. The van der Waals surface area contributed by atoms with Gasteiger partial charge in [0.2, 0.25) is 15.9 Å². The maximum atomic E-state index is 12.9. The van der Waals surface area contributed by atoms with Gasteiger partial charge < -0.3 is 10.2 Å². The number of rotatable bonds is 7. The zero-order chi connectivity index (χ0) is 21.1. The summed E-state index contributed by atoms with van der Waals surface area (Å²) in [6.07, 6.45) is 0.967. The highest BCUT2D eigenvalue weighted by atomic mass is 35.5. The lowest BCUT2D eigenvalue weighted by atomic mass is 9.91. The van der Waals surface area contributed by atoms with E-state index in [9.17, 15) is 13.2 Å². The molecular weight excluding hydrogens is 421 g/mol. The highest BCUT2D eigenvalue weighted by Gasteiger charge is 2.34. The minimum atomic E-state index is -3.73. The van der Waals surface area contributed by atoms with E-state index in [2.05, 4.69) is 24.1 Å². The van der Waals surface area contributed by atoms with Crippen LogP contribution in [0.25, 0.3) is 0 Å². The van der Waals surface area contributed by atoms with Crippen molar-refractivity contribution >= 4 is 39.1 Å². The largest absolute Gasteiger partial charge is 0.355 e. The van der Waals surface area contributed by atoms with Crippen LogP contribution >= 0.6 is 23.2 Å². The second kappa shape index (κ2) is 9.30. The minimum absolute atomic E-state index is 0.00926. The van der Waals surface area contributed by atoms with Crippen molar-refractivity contribution in [1.29, 1.82) is 0 Å². The summed E-state index contributed by atoms with van der Waals surface area (Å²) in [5, 5.41) is 3.27. The van der Waals surface area contributed by atoms with E-state index in [1.165, 1.54) is 10.4 Å². The van der Waals surface area contributed by atoms with Crippen molar-refractivity contribution in [1.82, 2.24) is 14.5 Å². The van der Waals surface area contributed by atoms with E-state index in [0.717, 1.165) is 6.54 Å². The quantitative estimate of drug-likeness (QED) is 0.693. The Labute approximate surface area is 178 Å². The Bertz CT molecular complexity index is 805. The van der Waals surface area contributed by atoms with Crippen LogP contribution in [0.5, 0.6) is 0 Å². The second-order valence-corrected chi connectivity index (χ2v) is 11.0. The maximum Gasteiger partial charge on any atom is 0.244 e. The number of carbonyl (C=O) groups excluding carboxylic acids is 1. The van der Waals surface area contributed by atoms with Gasteiger partial charge in [-0.05, 0) is 44.5 Å². The van der Waals surface area contributed by atoms with Crippen LogP contribution in [0.3, 0.4) is 0 Å². The van der Waals surface area contributed by atoms with E-state index < -0.39 is 10.0 Å². The van der Waals surface area contributed by atoms with Crippen LogP contribution in [0, 0.1) is 11.3 Å². The number of nitrogens with zero attached hydrogens (tertiary/aromatic N) is 2. The number of sulfonamides is 1. The summed E-state index contributed by atoms with van der Waals surface area (Å²) in [7, 11) is 0.278. The lowest BCUT2D eigenvalue weighted by Gasteiger charge is -2.32. The molecule has 1 amide bonds. The van der Waals surface area contributed by atoms with Crippen molar-refractivity contribution in [2.75, 3.05) is 40.3 Å². The summed E-state index contributed by atoms with van der Waals surface area (Å²) < 4.78 is 27.1. The third-order valence-electron chi connectivity index (χ3n) is 4.84. The molecule has 1 heterocycles. The highest BCUT2D eigenvalue weighted by Crippen LogP contribution is 2.32. The lowest BCUT2D eigenvalue weighted by Crippen LogP contribution is -2.46. The van der Waals surface area contributed by atoms with Gasteiger partial charge in [0.1, 0.15) is 4.90 Å². The van der Waals surface area contributed by atoms with Crippen molar-refractivity contribution in [2.45, 2.75) is 31.6 Å². The van der Waals surface area contributed by atoms with Gasteiger partial charge in [0.05, 0.1) is 10.0 Å². The SMILES string of the molecule is CN(C)CC(C)(C)CNC(=O)C1CCN(S(=O)(=O)c2cccc(Cl)c2Cl)CC1. The highest BCUT2D eigenvalue weighted by molar-refractivity contribution is 7.89. The average molecular weight is 450 g/mol. The molecule has 1 aromatic carbocycles. The molecule has 6 nitrogen and oxygen atoms in total. The smallest absolute Gasteiger partial charge is 0.244 e. The van der Waals surface area contributed by atoms with E-state index in [4.69, 9.17) is 23.2 Å². The number of halogens is 2. The number of benzene rings is 1. The van der Waals surface area contributed by atoms with Crippen LogP contribution in [-0.2, 0) is 14.8 Å². The van der Waals surface area contributed by atoms with E-state index in [1.54, 1.807) is 12.1 Å². The van der Waals surface area contributed by atoms with Crippen LogP contribution in [0.15, 0.2) is 23.1 Å². The molecule has 1 saturated heterocycles. The molecule has 0 unspecified atom stereocenters. The predicted molar refractivity (Wildman–Crippen MR) is 113 cm³/mol. The molecule has 0 radical (unpaired) electrons. The van der Waals surface area contributed by atoms with Crippen molar-refractivity contribution in [3.63, 3.8) is 0 Å². The molecule has 0 aromatic heterocycles. The van der Waals surface area contributed by atoms with Gasteiger partial charge in [-0.2, -0.15) is 4.31 Å². The van der Waals surface area contributed by atoms with Crippen LogP contribution in [0.4, 0.5) is 0 Å². The van der Waals surface area contributed by atoms with Gasteiger partial charge in [-0.15, -0.1) is 0 Å². The fourth-order valence-electron chi connectivity index (χ4n) is 3.56. The average Bonchev–Trinajstić information content (AvgIpc) is 2.61. The number of hydrogen-bond donors (Lipinski definition) is 1. The predicted octanol–water partition coefficient (Wildman–Crippen LogP) is 3.10. The topological polar surface area (TPSA) is 69.7 Å². The standard InChI is InChI=1S/C19H29Cl2N3O3S/c1-19(2,13-23(3)4)12-22-18(25)14-8-10-24(11-9-14)28(26,27)16-7-5-6-15(20)17(16)21/h5-7,14H,8-13H2,1-4H3,(H,22,25). The molecule has 28 heavy (non-hydrogen) atoms. The first-order chi connectivity index (χ1) is 12.9. The van der Waals surface area contributed by atoms with Crippen LogP contribution in [0.1, 0.15) is 26.7 Å². The molecule has 0 bridgehead atoms. The molecule has 1 aliphatic heterocycles. The van der Waals surface area contributed by atoms with Gasteiger partial charge in [-0.25, -0.2) is 8.42 Å². The Kier molecular flexibility index (Phi) is 7.78. The van der Waals surface area contributed by atoms with Crippen molar-refractivity contribution < 1.29 is 13.2 Å². The Morgan fingerprint density at radius 1 is 1.25 bits per heavy atom. The summed E-state index contributed by atoms with van der Waals surface area (Å²) in [5.74, 6) is -0.193. The number of nitrogens with one attached hydrogen (secondary N) is 1. The zero-order valence-corrected chi connectivity index (χ0v) is 19.2. The first-order valence-electron chi connectivity index (χ1n) is 9.31. The molecule has 1 aliphatic rings. The van der Waals surface area contributed by atoms with Crippen molar-refractivity contribution in [3.05, 3.63) is 28.2 Å².